The number of furan rings is 2. The van der Waals surface area contributed by atoms with E-state index in [0.717, 1.165) is 94.3 Å². The summed E-state index contributed by atoms with van der Waals surface area (Å²) in [5.41, 5.74) is 26.1. The molecule has 354 valence electrons. The van der Waals surface area contributed by atoms with Crippen LogP contribution in [0.15, 0.2) is 282 Å². The van der Waals surface area contributed by atoms with Crippen LogP contribution in [-0.2, 0) is 5.41 Å². The zero-order chi connectivity index (χ0) is 49.9. The average Bonchev–Trinajstić information content (AvgIpc) is 4.25. The molecule has 0 aliphatic heterocycles. The summed E-state index contributed by atoms with van der Waals surface area (Å²) >= 11 is 0. The molecule has 3 nitrogen and oxygen atoms in total. The number of nitrogens with zero attached hydrogens (tertiary/aromatic N) is 1. The lowest BCUT2D eigenvalue weighted by atomic mass is 9.68. The fourth-order valence-electron chi connectivity index (χ4n) is 13.0. The summed E-state index contributed by atoms with van der Waals surface area (Å²) in [5.74, 6) is 0. The predicted molar refractivity (Wildman–Crippen MR) is 314 cm³/mol. The third kappa shape index (κ3) is 6.17. The van der Waals surface area contributed by atoms with E-state index in [0.29, 0.717) is 0 Å². The van der Waals surface area contributed by atoms with Gasteiger partial charge in [-0.2, -0.15) is 0 Å². The number of hydrogen-bond acceptors (Lipinski definition) is 3. The van der Waals surface area contributed by atoms with Crippen molar-refractivity contribution in [3.63, 3.8) is 0 Å². The van der Waals surface area contributed by atoms with Gasteiger partial charge in [-0.15, -0.1) is 0 Å². The molecule has 2 aliphatic rings. The third-order valence-electron chi connectivity index (χ3n) is 16.3. The Labute approximate surface area is 439 Å². The maximum Gasteiger partial charge on any atom is 0.143 e. The second-order valence-corrected chi connectivity index (χ2v) is 20.2. The molecular weight excluding hydrogens is 923 g/mol. The molecule has 76 heavy (non-hydrogen) atoms. The van der Waals surface area contributed by atoms with Gasteiger partial charge in [-0.05, 0) is 126 Å². The molecule has 0 radical (unpaired) electrons. The maximum absolute atomic E-state index is 6.48. The third-order valence-corrected chi connectivity index (χ3v) is 16.3. The van der Waals surface area contributed by atoms with Crippen LogP contribution in [-0.4, -0.2) is 0 Å². The van der Waals surface area contributed by atoms with Gasteiger partial charge in [0.25, 0.3) is 0 Å². The van der Waals surface area contributed by atoms with E-state index >= 15 is 0 Å². The molecule has 2 aliphatic carbocycles. The lowest BCUT2D eigenvalue weighted by Gasteiger charge is -2.32. The van der Waals surface area contributed by atoms with E-state index in [1.807, 2.05) is 24.3 Å². The molecule has 0 unspecified atom stereocenters. The molecule has 2 aromatic heterocycles. The van der Waals surface area contributed by atoms with Crippen LogP contribution in [0.2, 0.25) is 0 Å². The Morgan fingerprint density at radius 2 is 0.553 bits per heavy atom. The minimum Gasteiger partial charge on any atom is -0.455 e. The van der Waals surface area contributed by atoms with Gasteiger partial charge in [-0.3, -0.25) is 0 Å². The zero-order valence-corrected chi connectivity index (χ0v) is 41.2. The van der Waals surface area contributed by atoms with E-state index in [9.17, 15) is 0 Å². The average molecular weight is 968 g/mol. The molecule has 2 heterocycles. The van der Waals surface area contributed by atoms with E-state index in [4.69, 9.17) is 8.83 Å². The van der Waals surface area contributed by atoms with Gasteiger partial charge in [-0.1, -0.05) is 224 Å². The molecule has 3 heteroatoms. The van der Waals surface area contributed by atoms with Crippen LogP contribution >= 0.6 is 0 Å². The number of fused-ring (bicyclic) bond motifs is 16. The summed E-state index contributed by atoms with van der Waals surface area (Å²) in [6.45, 7) is 0. The first-order valence-electron chi connectivity index (χ1n) is 26.1. The smallest absolute Gasteiger partial charge is 0.143 e. The Morgan fingerprint density at radius 3 is 1.04 bits per heavy atom. The molecule has 0 amide bonds. The number of anilines is 3. The number of rotatable bonds is 7. The Morgan fingerprint density at radius 1 is 0.237 bits per heavy atom. The number of benzene rings is 12. The lowest BCUT2D eigenvalue weighted by molar-refractivity contribution is 0.669. The van der Waals surface area contributed by atoms with Crippen LogP contribution in [0.3, 0.4) is 0 Å². The largest absolute Gasteiger partial charge is 0.455 e. The van der Waals surface area contributed by atoms with Crippen molar-refractivity contribution >= 4 is 60.9 Å². The van der Waals surface area contributed by atoms with E-state index in [1.54, 1.807) is 0 Å². The fraction of sp³-hybridized carbons (Fsp3) is 0.0137. The van der Waals surface area contributed by atoms with E-state index < -0.39 is 5.41 Å². The summed E-state index contributed by atoms with van der Waals surface area (Å²) < 4.78 is 13.0. The number of para-hydroxylation sites is 4. The minimum absolute atomic E-state index is 0.415. The first kappa shape index (κ1) is 42.5. The van der Waals surface area contributed by atoms with Crippen molar-refractivity contribution in [2.75, 3.05) is 4.90 Å². The first-order chi connectivity index (χ1) is 37.7. The van der Waals surface area contributed by atoms with Crippen LogP contribution in [0.5, 0.6) is 0 Å². The summed E-state index contributed by atoms with van der Waals surface area (Å²) in [6.07, 6.45) is 0. The molecule has 12 aromatic carbocycles. The molecular formula is C73H45NO2. The molecule has 0 N–H and O–H groups in total. The van der Waals surface area contributed by atoms with Crippen LogP contribution in [0.25, 0.3) is 111 Å². The quantitative estimate of drug-likeness (QED) is 0.159. The summed E-state index contributed by atoms with van der Waals surface area (Å²) in [4.78, 5) is 2.34. The Hall–Kier alpha value is -9.96. The highest BCUT2D eigenvalue weighted by molar-refractivity contribution is 6.11. The second kappa shape index (κ2) is 16.5. The molecule has 0 saturated heterocycles. The van der Waals surface area contributed by atoms with E-state index in [2.05, 4.69) is 254 Å². The summed E-state index contributed by atoms with van der Waals surface area (Å²) in [5, 5.41) is 4.50. The van der Waals surface area contributed by atoms with Crippen LogP contribution < -0.4 is 4.90 Å². The van der Waals surface area contributed by atoms with E-state index in [-0.39, 0.29) is 0 Å². The molecule has 16 rings (SSSR count). The van der Waals surface area contributed by atoms with Crippen molar-refractivity contribution < 1.29 is 8.83 Å². The van der Waals surface area contributed by atoms with Crippen LogP contribution in [0, 0.1) is 0 Å². The Balaban J connectivity index is 0.769. The second-order valence-electron chi connectivity index (χ2n) is 20.2. The Kier molecular flexibility index (Phi) is 9.25. The molecule has 0 saturated carbocycles. The standard InChI is InChI=1S/C73H45NO2/c1-6-25-65-57(14-1)58-15-2-7-26-66(58)73(65)67-27-8-3-16-59(67)62-22-11-19-54(70(62)73)48-32-30-46(31-33-48)47-34-40-51(41-35-47)74(52-42-36-49(37-43-52)55-20-12-23-63-60-17-4-9-28-68(60)75-71(55)63)53-44-38-50(39-45-53)56-21-13-24-64-61-18-5-10-29-69(61)76-72(56)64/h1-45H. The predicted octanol–water partition coefficient (Wildman–Crippen LogP) is 20.0. The van der Waals surface area contributed by atoms with Gasteiger partial charge < -0.3 is 13.7 Å². The zero-order valence-electron chi connectivity index (χ0n) is 41.2. The topological polar surface area (TPSA) is 29.5 Å². The monoisotopic (exact) mass is 967 g/mol. The highest BCUT2D eigenvalue weighted by atomic mass is 16.3. The normalized spacial score (nSPS) is 12.8. The highest BCUT2D eigenvalue weighted by Gasteiger charge is 2.52. The van der Waals surface area contributed by atoms with Crippen molar-refractivity contribution in [1.29, 1.82) is 0 Å². The minimum atomic E-state index is -0.415. The van der Waals surface area contributed by atoms with Gasteiger partial charge in [0.15, 0.2) is 0 Å². The van der Waals surface area contributed by atoms with Gasteiger partial charge in [0, 0.05) is 49.7 Å². The number of hydrogen-bond donors (Lipinski definition) is 0. The van der Waals surface area contributed by atoms with Crippen molar-refractivity contribution in [2.24, 2.45) is 0 Å². The van der Waals surface area contributed by atoms with Gasteiger partial charge in [0.05, 0.1) is 5.41 Å². The molecule has 1 spiro atoms. The van der Waals surface area contributed by atoms with Crippen LogP contribution in [0.4, 0.5) is 17.1 Å². The van der Waals surface area contributed by atoms with Crippen molar-refractivity contribution in [3.05, 3.63) is 295 Å². The molecule has 0 atom stereocenters. The van der Waals surface area contributed by atoms with Crippen molar-refractivity contribution in [3.8, 4) is 66.8 Å². The van der Waals surface area contributed by atoms with Gasteiger partial charge in [-0.25, -0.2) is 0 Å². The molecule has 14 aromatic rings. The van der Waals surface area contributed by atoms with E-state index in [1.165, 1.54) is 55.6 Å². The van der Waals surface area contributed by atoms with Gasteiger partial charge in [0.2, 0.25) is 0 Å². The van der Waals surface area contributed by atoms with Crippen molar-refractivity contribution in [1.82, 2.24) is 0 Å². The first-order valence-corrected chi connectivity index (χ1v) is 26.1. The fourth-order valence-corrected chi connectivity index (χ4v) is 13.0. The summed E-state index contributed by atoms with van der Waals surface area (Å²) in [6, 6.07) is 99.3. The highest BCUT2D eigenvalue weighted by Crippen LogP contribution is 2.64. The van der Waals surface area contributed by atoms with Crippen molar-refractivity contribution in [2.45, 2.75) is 5.41 Å². The van der Waals surface area contributed by atoms with Gasteiger partial charge in [0.1, 0.15) is 22.3 Å². The van der Waals surface area contributed by atoms with Gasteiger partial charge >= 0.3 is 0 Å². The summed E-state index contributed by atoms with van der Waals surface area (Å²) in [7, 11) is 0. The lowest BCUT2D eigenvalue weighted by Crippen LogP contribution is -2.26. The SMILES string of the molecule is c1ccc2c(c1)-c1ccccc1C21c2ccccc2-c2cccc(-c3ccc(-c4ccc(N(c5ccc(-c6cccc7c6oc6ccccc67)cc5)c5ccc(-c6cccc7c6oc6ccccc67)cc5)cc4)cc3)c21. The maximum atomic E-state index is 6.48. The Bertz CT molecular complexity index is 4390. The molecule has 0 fully saturated rings. The molecule has 0 bridgehead atoms. The van der Waals surface area contributed by atoms with Crippen LogP contribution in [0.1, 0.15) is 22.3 Å².